The highest BCUT2D eigenvalue weighted by Crippen LogP contribution is 2.40. The van der Waals surface area contributed by atoms with Crippen molar-refractivity contribution in [2.75, 3.05) is 0 Å². The lowest BCUT2D eigenvalue weighted by atomic mass is 9.88. The van der Waals surface area contributed by atoms with Gasteiger partial charge in [-0.1, -0.05) is 69.3 Å². The van der Waals surface area contributed by atoms with Gasteiger partial charge in [-0.05, 0) is 133 Å². The second-order valence-corrected chi connectivity index (χ2v) is 14.9. The normalized spacial score (nSPS) is 11.8. The SMILES string of the molecule is Cc1c(C)c(C)c(-[n+]2[c-]n(-c3cccc(Oc4ccc5c6c(-c7ccccc7)cccc6n(-c6cc(C(C)(C)C)ccn6)c5c4)c3)cc2)c(C)c1C. The molecule has 3 aromatic heterocycles. The number of benzene rings is 5. The topological polar surface area (TPSA) is 35.9 Å². The van der Waals surface area contributed by atoms with Crippen LogP contribution in [-0.2, 0) is 5.41 Å². The third-order valence-corrected chi connectivity index (χ3v) is 10.8. The summed E-state index contributed by atoms with van der Waals surface area (Å²) in [6.45, 7) is 17.7. The lowest BCUT2D eigenvalue weighted by Crippen LogP contribution is -2.31. The number of aromatic nitrogens is 4. The average Bonchev–Trinajstić information content (AvgIpc) is 3.76. The molecule has 5 aromatic carbocycles. The minimum atomic E-state index is -0.0168. The van der Waals surface area contributed by atoms with Gasteiger partial charge in [0.2, 0.25) is 0 Å². The number of hydrogen-bond donors (Lipinski definition) is 0. The first-order valence-corrected chi connectivity index (χ1v) is 18.0. The fourth-order valence-corrected chi connectivity index (χ4v) is 7.48. The maximum absolute atomic E-state index is 6.63. The summed E-state index contributed by atoms with van der Waals surface area (Å²) < 4.78 is 13.0. The Hall–Kier alpha value is -5.94. The quantitative estimate of drug-likeness (QED) is 0.129. The second kappa shape index (κ2) is 12.7. The highest BCUT2D eigenvalue weighted by atomic mass is 16.5. The van der Waals surface area contributed by atoms with Crippen LogP contribution in [-0.4, -0.2) is 14.1 Å². The van der Waals surface area contributed by atoms with Crippen molar-refractivity contribution in [2.24, 2.45) is 0 Å². The zero-order valence-electron chi connectivity index (χ0n) is 31.2. The fraction of sp³-hybridized carbons (Fsp3) is 0.191. The molecule has 0 amide bonds. The molecule has 0 spiro atoms. The number of hydrogen-bond acceptors (Lipinski definition) is 2. The molecule has 0 fully saturated rings. The van der Waals surface area contributed by atoms with Crippen molar-refractivity contribution in [1.29, 1.82) is 0 Å². The minimum absolute atomic E-state index is 0.0168. The molecule has 0 aliphatic heterocycles. The number of ether oxygens (including phenoxy) is 1. The summed E-state index contributed by atoms with van der Waals surface area (Å²) in [7, 11) is 0. The van der Waals surface area contributed by atoms with Crippen molar-refractivity contribution in [3.8, 4) is 39.8 Å². The maximum Gasteiger partial charge on any atom is 0.268 e. The van der Waals surface area contributed by atoms with Crippen LogP contribution < -0.4 is 9.30 Å². The molecular formula is C47H44N4O. The Labute approximate surface area is 306 Å². The van der Waals surface area contributed by atoms with Gasteiger partial charge in [-0.15, -0.1) is 0 Å². The molecule has 3 heterocycles. The number of rotatable bonds is 6. The highest BCUT2D eigenvalue weighted by molar-refractivity contribution is 6.15. The van der Waals surface area contributed by atoms with E-state index in [9.17, 15) is 0 Å². The van der Waals surface area contributed by atoms with Gasteiger partial charge in [-0.3, -0.25) is 13.7 Å². The molecule has 5 heteroatoms. The standard InChI is InChI=1S/C47H44N4O/c1-30-31(2)33(4)46(34(5)32(30)3)50-25-24-49(29-50)37-16-12-17-38(27-37)52-39-20-21-41-43(28-39)51(44-26-36(22-23-48-44)47(6,7)8)42-19-13-18-40(45(41)42)35-14-10-9-11-15-35/h9-28H,1-8H3. The first kappa shape index (κ1) is 33.2. The monoisotopic (exact) mass is 680 g/mol. The first-order valence-electron chi connectivity index (χ1n) is 18.0. The minimum Gasteiger partial charge on any atom is -0.458 e. The van der Waals surface area contributed by atoms with Crippen molar-refractivity contribution in [3.05, 3.63) is 161 Å². The van der Waals surface area contributed by atoms with Crippen LogP contribution in [0.3, 0.4) is 0 Å². The summed E-state index contributed by atoms with van der Waals surface area (Å²) in [5, 5.41) is 2.35. The van der Waals surface area contributed by atoms with Gasteiger partial charge in [0.1, 0.15) is 17.3 Å². The molecule has 0 aliphatic carbocycles. The van der Waals surface area contributed by atoms with Gasteiger partial charge in [-0.25, -0.2) is 4.98 Å². The Morgan fingerprint density at radius 3 is 2.13 bits per heavy atom. The number of pyridine rings is 1. The van der Waals surface area contributed by atoms with Crippen LogP contribution in [0.25, 0.3) is 50.1 Å². The van der Waals surface area contributed by atoms with Crippen LogP contribution in [0.1, 0.15) is 54.2 Å². The van der Waals surface area contributed by atoms with E-state index in [1.165, 1.54) is 55.6 Å². The average molecular weight is 681 g/mol. The van der Waals surface area contributed by atoms with Gasteiger partial charge >= 0.3 is 0 Å². The molecular weight excluding hydrogens is 637 g/mol. The molecule has 8 aromatic rings. The molecule has 5 nitrogen and oxygen atoms in total. The van der Waals surface area contributed by atoms with E-state index in [1.807, 2.05) is 22.9 Å². The van der Waals surface area contributed by atoms with Crippen LogP contribution in [0.15, 0.2) is 122 Å². The van der Waals surface area contributed by atoms with E-state index in [0.29, 0.717) is 0 Å². The molecule has 0 saturated heterocycles. The van der Waals surface area contributed by atoms with Crippen LogP contribution >= 0.6 is 0 Å². The predicted octanol–water partition coefficient (Wildman–Crippen LogP) is 11.3. The van der Waals surface area contributed by atoms with E-state index < -0.39 is 0 Å². The van der Waals surface area contributed by atoms with Crippen LogP contribution in [0.5, 0.6) is 11.5 Å². The summed E-state index contributed by atoms with van der Waals surface area (Å²) in [5.41, 5.74) is 14.5. The largest absolute Gasteiger partial charge is 0.458 e. The van der Waals surface area contributed by atoms with Crippen molar-refractivity contribution in [2.45, 2.75) is 60.8 Å². The predicted molar refractivity (Wildman–Crippen MR) is 213 cm³/mol. The van der Waals surface area contributed by atoms with E-state index in [-0.39, 0.29) is 5.41 Å². The number of nitrogens with zero attached hydrogens (tertiary/aromatic N) is 4. The van der Waals surface area contributed by atoms with Gasteiger partial charge in [0.05, 0.1) is 22.4 Å². The zero-order valence-corrected chi connectivity index (χ0v) is 31.2. The van der Waals surface area contributed by atoms with Crippen LogP contribution in [0.2, 0.25) is 0 Å². The van der Waals surface area contributed by atoms with Gasteiger partial charge in [-0.2, -0.15) is 0 Å². The lowest BCUT2D eigenvalue weighted by Gasteiger charge is -2.20. The highest BCUT2D eigenvalue weighted by Gasteiger charge is 2.21. The van der Waals surface area contributed by atoms with E-state index >= 15 is 0 Å². The molecule has 0 aliphatic rings. The molecule has 0 saturated carbocycles. The van der Waals surface area contributed by atoms with Crippen molar-refractivity contribution in [3.63, 3.8) is 0 Å². The van der Waals surface area contributed by atoms with E-state index in [1.54, 1.807) is 0 Å². The third kappa shape index (κ3) is 5.67. The van der Waals surface area contributed by atoms with Crippen LogP contribution in [0.4, 0.5) is 0 Å². The Balaban J connectivity index is 1.22. The molecule has 258 valence electrons. The molecule has 0 atom stereocenters. The van der Waals surface area contributed by atoms with E-state index in [4.69, 9.17) is 9.72 Å². The van der Waals surface area contributed by atoms with Gasteiger partial charge in [0.15, 0.2) is 0 Å². The fourth-order valence-electron chi connectivity index (χ4n) is 7.48. The molecule has 0 radical (unpaired) electrons. The molecule has 0 N–H and O–H groups in total. The first-order chi connectivity index (χ1) is 25.0. The molecule has 0 bridgehead atoms. The second-order valence-electron chi connectivity index (χ2n) is 14.9. The van der Waals surface area contributed by atoms with Crippen molar-refractivity contribution in [1.82, 2.24) is 14.1 Å². The van der Waals surface area contributed by atoms with Crippen LogP contribution in [0, 0.1) is 40.9 Å². The smallest absolute Gasteiger partial charge is 0.268 e. The van der Waals surface area contributed by atoms with Gasteiger partial charge in [0, 0.05) is 35.4 Å². The summed E-state index contributed by atoms with van der Waals surface area (Å²) in [6, 6.07) is 36.1. The third-order valence-electron chi connectivity index (χ3n) is 10.8. The van der Waals surface area contributed by atoms with Gasteiger partial charge < -0.3 is 4.74 Å². The summed E-state index contributed by atoms with van der Waals surface area (Å²) in [6.07, 6.45) is 9.61. The Morgan fingerprint density at radius 2 is 1.38 bits per heavy atom. The number of fused-ring (bicyclic) bond motifs is 3. The van der Waals surface area contributed by atoms with E-state index in [0.717, 1.165) is 39.4 Å². The number of imidazole rings is 1. The molecule has 52 heavy (non-hydrogen) atoms. The summed E-state index contributed by atoms with van der Waals surface area (Å²) in [5.74, 6) is 2.39. The van der Waals surface area contributed by atoms with Crippen molar-refractivity contribution < 1.29 is 9.30 Å². The lowest BCUT2D eigenvalue weighted by molar-refractivity contribution is -0.600. The zero-order chi connectivity index (χ0) is 36.3. The van der Waals surface area contributed by atoms with Gasteiger partial charge in [0.25, 0.3) is 6.33 Å². The Bertz CT molecular complexity index is 2610. The summed E-state index contributed by atoms with van der Waals surface area (Å²) in [4.78, 5) is 4.92. The van der Waals surface area contributed by atoms with Crippen molar-refractivity contribution >= 4 is 21.8 Å². The summed E-state index contributed by atoms with van der Waals surface area (Å²) >= 11 is 0. The maximum atomic E-state index is 6.63. The molecule has 8 rings (SSSR count). The van der Waals surface area contributed by atoms with E-state index in [2.05, 4.69) is 174 Å². The Kier molecular flexibility index (Phi) is 8.10. The Morgan fingerprint density at radius 1 is 0.673 bits per heavy atom. The molecule has 0 unspecified atom stereocenters.